The lowest BCUT2D eigenvalue weighted by Crippen LogP contribution is -2.39. The Bertz CT molecular complexity index is 216. The number of amides is 2. The zero-order valence-corrected chi connectivity index (χ0v) is 8.09. The predicted molar refractivity (Wildman–Crippen MR) is 49.4 cm³/mol. The lowest BCUT2D eigenvalue weighted by Gasteiger charge is -2.04. The largest absolute Gasteiger partial charge is 0.335 e. The average molecular weight is 184 g/mol. The lowest BCUT2D eigenvalue weighted by molar-refractivity contribution is -0.116. The van der Waals surface area contributed by atoms with Gasteiger partial charge >= 0.3 is 6.03 Å². The van der Waals surface area contributed by atoms with E-state index in [1.165, 1.54) is 6.92 Å². The van der Waals surface area contributed by atoms with Crippen molar-refractivity contribution in [3.63, 3.8) is 0 Å². The molecule has 4 nitrogen and oxygen atoms in total. The Balaban J connectivity index is 2.09. The first-order valence-electron chi connectivity index (χ1n) is 4.67. The van der Waals surface area contributed by atoms with Gasteiger partial charge < -0.3 is 10.6 Å². The molecule has 1 saturated carbocycles. The normalized spacial score (nSPS) is 25.1. The van der Waals surface area contributed by atoms with Gasteiger partial charge in [0.15, 0.2) is 0 Å². The quantitative estimate of drug-likeness (QED) is 0.674. The number of urea groups is 1. The van der Waals surface area contributed by atoms with Crippen molar-refractivity contribution in [3.05, 3.63) is 0 Å². The minimum Gasteiger partial charge on any atom is -0.335 e. The molecule has 1 aliphatic rings. The fourth-order valence-corrected chi connectivity index (χ4v) is 1.30. The Morgan fingerprint density at radius 2 is 2.15 bits per heavy atom. The van der Waals surface area contributed by atoms with Gasteiger partial charge in [0.1, 0.15) is 5.78 Å². The third kappa shape index (κ3) is 3.44. The van der Waals surface area contributed by atoms with Crippen molar-refractivity contribution in [2.75, 3.05) is 6.54 Å². The summed E-state index contributed by atoms with van der Waals surface area (Å²) in [4.78, 5) is 21.6. The van der Waals surface area contributed by atoms with Crippen LogP contribution in [0.4, 0.5) is 4.79 Å². The van der Waals surface area contributed by atoms with Crippen molar-refractivity contribution < 1.29 is 9.59 Å². The van der Waals surface area contributed by atoms with Gasteiger partial charge in [0.25, 0.3) is 0 Å². The summed E-state index contributed by atoms with van der Waals surface area (Å²) >= 11 is 0. The van der Waals surface area contributed by atoms with Crippen molar-refractivity contribution in [1.29, 1.82) is 0 Å². The summed E-state index contributed by atoms with van der Waals surface area (Å²) in [6.07, 6.45) is 2.18. The van der Waals surface area contributed by atoms with Crippen LogP contribution in [0.3, 0.4) is 0 Å². The molecular weight excluding hydrogens is 168 g/mol. The molecule has 0 saturated heterocycles. The van der Waals surface area contributed by atoms with Crippen LogP contribution in [0.25, 0.3) is 0 Å². The molecule has 2 unspecified atom stereocenters. The number of nitrogens with one attached hydrogen (secondary N) is 2. The van der Waals surface area contributed by atoms with Gasteiger partial charge in [-0.15, -0.1) is 0 Å². The Kier molecular flexibility index (Phi) is 3.28. The molecule has 0 bridgehead atoms. The second kappa shape index (κ2) is 4.25. The summed E-state index contributed by atoms with van der Waals surface area (Å²) in [5, 5.41) is 5.31. The standard InChI is InChI=1S/C9H16N2O2/c1-3-7-4-8(7)11-9(13)10-5-6(2)12/h7-8H,3-5H2,1-2H3,(H2,10,11,13). The van der Waals surface area contributed by atoms with Crippen molar-refractivity contribution in [2.24, 2.45) is 5.92 Å². The monoisotopic (exact) mass is 184 g/mol. The van der Waals surface area contributed by atoms with Crippen LogP contribution in [0.1, 0.15) is 26.7 Å². The highest BCUT2D eigenvalue weighted by Crippen LogP contribution is 2.32. The number of Topliss-reactive ketones (excluding diaryl/α,β-unsaturated/α-hetero) is 1. The molecule has 0 heterocycles. The van der Waals surface area contributed by atoms with Gasteiger partial charge in [-0.1, -0.05) is 13.3 Å². The zero-order valence-electron chi connectivity index (χ0n) is 8.09. The zero-order chi connectivity index (χ0) is 9.84. The number of hydrogen-bond acceptors (Lipinski definition) is 2. The molecule has 0 spiro atoms. The van der Waals surface area contributed by atoms with E-state index < -0.39 is 0 Å². The van der Waals surface area contributed by atoms with Gasteiger partial charge in [0.2, 0.25) is 0 Å². The third-order valence-corrected chi connectivity index (χ3v) is 2.26. The predicted octanol–water partition coefficient (Wildman–Crippen LogP) is 0.673. The molecular formula is C9H16N2O2. The van der Waals surface area contributed by atoms with Crippen LogP contribution in [-0.4, -0.2) is 24.4 Å². The highest BCUT2D eigenvalue weighted by molar-refractivity contribution is 5.83. The van der Waals surface area contributed by atoms with Gasteiger partial charge in [-0.3, -0.25) is 4.79 Å². The molecule has 13 heavy (non-hydrogen) atoms. The summed E-state index contributed by atoms with van der Waals surface area (Å²) in [6.45, 7) is 3.68. The Morgan fingerprint density at radius 3 is 2.62 bits per heavy atom. The Labute approximate surface area is 78.1 Å². The van der Waals surface area contributed by atoms with E-state index in [0.29, 0.717) is 12.0 Å². The number of hydrogen-bond donors (Lipinski definition) is 2. The fraction of sp³-hybridized carbons (Fsp3) is 0.778. The SMILES string of the molecule is CCC1CC1NC(=O)NCC(C)=O. The smallest absolute Gasteiger partial charge is 0.315 e. The molecule has 1 rings (SSSR count). The van der Waals surface area contributed by atoms with E-state index in [1.54, 1.807) is 0 Å². The van der Waals surface area contributed by atoms with Gasteiger partial charge in [-0.2, -0.15) is 0 Å². The highest BCUT2D eigenvalue weighted by Gasteiger charge is 2.36. The number of carbonyl (C=O) groups is 2. The van der Waals surface area contributed by atoms with Crippen LogP contribution in [0.5, 0.6) is 0 Å². The lowest BCUT2D eigenvalue weighted by atomic mass is 10.3. The van der Waals surface area contributed by atoms with Crippen LogP contribution in [0.2, 0.25) is 0 Å². The number of carbonyl (C=O) groups excluding carboxylic acids is 2. The molecule has 1 aliphatic carbocycles. The van der Waals surface area contributed by atoms with Crippen LogP contribution in [-0.2, 0) is 4.79 Å². The van der Waals surface area contributed by atoms with Crippen molar-refractivity contribution >= 4 is 11.8 Å². The second-order valence-corrected chi connectivity index (χ2v) is 3.54. The van der Waals surface area contributed by atoms with Crippen LogP contribution in [0.15, 0.2) is 0 Å². The summed E-state index contributed by atoms with van der Waals surface area (Å²) in [6, 6.07) is 0.105. The second-order valence-electron chi connectivity index (χ2n) is 3.54. The maximum absolute atomic E-state index is 11.1. The van der Waals surface area contributed by atoms with Crippen molar-refractivity contribution in [3.8, 4) is 0 Å². The van der Waals surface area contributed by atoms with Gasteiger partial charge in [0, 0.05) is 6.04 Å². The minimum absolute atomic E-state index is 0.0296. The summed E-state index contributed by atoms with van der Waals surface area (Å²) in [5.41, 5.74) is 0. The van der Waals surface area contributed by atoms with E-state index in [9.17, 15) is 9.59 Å². The van der Waals surface area contributed by atoms with E-state index in [1.807, 2.05) is 0 Å². The molecule has 0 aliphatic heterocycles. The summed E-state index contributed by atoms with van der Waals surface area (Å²) in [5.74, 6) is 0.612. The topological polar surface area (TPSA) is 58.2 Å². The van der Waals surface area contributed by atoms with E-state index >= 15 is 0 Å². The average Bonchev–Trinajstić information content (AvgIpc) is 2.80. The van der Waals surface area contributed by atoms with E-state index in [4.69, 9.17) is 0 Å². The maximum Gasteiger partial charge on any atom is 0.315 e. The first-order valence-corrected chi connectivity index (χ1v) is 4.67. The van der Waals surface area contributed by atoms with E-state index in [2.05, 4.69) is 17.6 Å². The Hall–Kier alpha value is -1.06. The summed E-state index contributed by atoms with van der Waals surface area (Å²) in [7, 11) is 0. The van der Waals surface area contributed by atoms with Crippen LogP contribution in [0, 0.1) is 5.92 Å². The van der Waals surface area contributed by atoms with Crippen molar-refractivity contribution in [1.82, 2.24) is 10.6 Å². The fourth-order valence-electron chi connectivity index (χ4n) is 1.30. The van der Waals surface area contributed by atoms with Crippen molar-refractivity contribution in [2.45, 2.75) is 32.7 Å². The van der Waals surface area contributed by atoms with Crippen LogP contribution < -0.4 is 10.6 Å². The molecule has 74 valence electrons. The number of rotatable bonds is 4. The molecule has 0 radical (unpaired) electrons. The number of ketones is 1. The van der Waals surface area contributed by atoms with E-state index in [0.717, 1.165) is 12.8 Å². The van der Waals surface area contributed by atoms with Gasteiger partial charge in [-0.05, 0) is 19.3 Å². The molecule has 0 aromatic rings. The van der Waals surface area contributed by atoms with Gasteiger partial charge in [-0.25, -0.2) is 4.79 Å². The molecule has 1 fully saturated rings. The van der Waals surface area contributed by atoms with Crippen LogP contribution >= 0.6 is 0 Å². The van der Waals surface area contributed by atoms with Gasteiger partial charge in [0.05, 0.1) is 6.54 Å². The molecule has 2 amide bonds. The first kappa shape index (κ1) is 10.0. The Morgan fingerprint density at radius 1 is 1.46 bits per heavy atom. The molecule has 2 N–H and O–H groups in total. The minimum atomic E-state index is -0.226. The third-order valence-electron chi connectivity index (χ3n) is 2.26. The maximum atomic E-state index is 11.1. The molecule has 0 aromatic heterocycles. The first-order chi connectivity index (χ1) is 6.13. The highest BCUT2D eigenvalue weighted by atomic mass is 16.2. The molecule has 0 aromatic carbocycles. The molecule has 2 atom stereocenters. The summed E-state index contributed by atoms with van der Waals surface area (Å²) < 4.78 is 0. The molecule has 4 heteroatoms. The van der Waals surface area contributed by atoms with E-state index in [-0.39, 0.29) is 18.4 Å².